The lowest BCUT2D eigenvalue weighted by Gasteiger charge is -2.26. The van der Waals surface area contributed by atoms with Gasteiger partial charge in [-0.2, -0.15) is 0 Å². The summed E-state index contributed by atoms with van der Waals surface area (Å²) in [5.41, 5.74) is 0.724. The van der Waals surface area contributed by atoms with Gasteiger partial charge in [0.2, 0.25) is 0 Å². The van der Waals surface area contributed by atoms with Gasteiger partial charge in [0.05, 0.1) is 24.9 Å². The van der Waals surface area contributed by atoms with E-state index in [1.165, 1.54) is 11.3 Å². The molecule has 0 radical (unpaired) electrons. The molecule has 2 heterocycles. The number of nitrogens with one attached hydrogen (secondary N) is 1. The summed E-state index contributed by atoms with van der Waals surface area (Å²) in [6.07, 6.45) is 0.294. The Bertz CT molecular complexity index is 936. The number of hydrogen-bond donors (Lipinski definition) is 2. The molecule has 1 aliphatic heterocycles. The molecule has 0 saturated carbocycles. The van der Waals surface area contributed by atoms with Gasteiger partial charge in [0.15, 0.2) is 5.13 Å². The number of ether oxygens (including phenoxy) is 2. The van der Waals surface area contributed by atoms with Crippen molar-refractivity contribution < 1.29 is 24.2 Å². The number of nitrogens with zero attached hydrogens (tertiary/aromatic N) is 2. The van der Waals surface area contributed by atoms with Crippen molar-refractivity contribution in [2.45, 2.75) is 45.3 Å². The average Bonchev–Trinajstić information content (AvgIpc) is 3.16. The number of aromatic carboxylic acids is 1. The fourth-order valence-electron chi connectivity index (χ4n) is 3.31. The van der Waals surface area contributed by atoms with Crippen LogP contribution in [0.2, 0.25) is 5.02 Å². The lowest BCUT2D eigenvalue weighted by Crippen LogP contribution is -2.36. The highest BCUT2D eigenvalue weighted by Gasteiger charge is 2.25. The van der Waals surface area contributed by atoms with E-state index in [0.717, 1.165) is 5.56 Å². The molecule has 10 heteroatoms. The fraction of sp³-hybridized carbons (Fsp3) is 0.500. The second kappa shape index (κ2) is 10.5. The van der Waals surface area contributed by atoms with E-state index in [9.17, 15) is 14.7 Å². The SMILES string of the molecule is CC(C)(C)OC(=O)NC(CCc1nc(N2CCOCC2)sc1C(=O)O)c1ccc(Cl)cc1. The Kier molecular flexibility index (Phi) is 7.97. The van der Waals surface area contributed by atoms with Crippen molar-refractivity contribution in [2.24, 2.45) is 0 Å². The van der Waals surface area contributed by atoms with E-state index in [2.05, 4.69) is 10.3 Å². The highest BCUT2D eigenvalue weighted by Crippen LogP contribution is 2.30. The summed E-state index contributed by atoms with van der Waals surface area (Å²) in [6, 6.07) is 6.79. The van der Waals surface area contributed by atoms with Gasteiger partial charge in [-0.25, -0.2) is 14.6 Å². The molecule has 8 nitrogen and oxygen atoms in total. The number of carboxylic acids is 1. The number of halogens is 1. The van der Waals surface area contributed by atoms with E-state index in [-0.39, 0.29) is 4.88 Å². The van der Waals surface area contributed by atoms with Gasteiger partial charge in [0, 0.05) is 18.1 Å². The molecule has 2 aromatic rings. The zero-order valence-electron chi connectivity index (χ0n) is 18.4. The van der Waals surface area contributed by atoms with E-state index in [4.69, 9.17) is 21.1 Å². The van der Waals surface area contributed by atoms with Gasteiger partial charge in [-0.15, -0.1) is 0 Å². The monoisotopic (exact) mass is 481 g/mol. The van der Waals surface area contributed by atoms with Gasteiger partial charge in [0.25, 0.3) is 0 Å². The second-order valence-electron chi connectivity index (χ2n) is 8.47. The van der Waals surface area contributed by atoms with Gasteiger partial charge in [-0.05, 0) is 51.3 Å². The molecule has 3 rings (SSSR count). The van der Waals surface area contributed by atoms with E-state index in [1.54, 1.807) is 32.9 Å². The van der Waals surface area contributed by atoms with Crippen molar-refractivity contribution in [3.05, 3.63) is 45.4 Å². The Morgan fingerprint density at radius 1 is 1.28 bits per heavy atom. The number of amides is 1. The predicted octanol–water partition coefficient (Wildman–Crippen LogP) is 4.53. The Labute approximate surface area is 196 Å². The molecule has 32 heavy (non-hydrogen) atoms. The van der Waals surface area contributed by atoms with Crippen LogP contribution in [0.1, 0.15) is 54.2 Å². The minimum absolute atomic E-state index is 0.221. The number of rotatable bonds is 7. The van der Waals surface area contributed by atoms with Crippen molar-refractivity contribution in [1.82, 2.24) is 10.3 Å². The quantitative estimate of drug-likeness (QED) is 0.599. The number of carboxylic acid groups (broad SMARTS) is 1. The van der Waals surface area contributed by atoms with Crippen molar-refractivity contribution in [3.8, 4) is 0 Å². The molecule has 1 amide bonds. The molecule has 1 aliphatic rings. The number of carbonyl (C=O) groups excluding carboxylic acids is 1. The van der Waals surface area contributed by atoms with Crippen molar-refractivity contribution in [1.29, 1.82) is 0 Å². The van der Waals surface area contributed by atoms with Crippen LogP contribution in [0.25, 0.3) is 0 Å². The lowest BCUT2D eigenvalue weighted by molar-refractivity contribution is 0.0500. The highest BCUT2D eigenvalue weighted by molar-refractivity contribution is 7.17. The Morgan fingerprint density at radius 2 is 1.94 bits per heavy atom. The molecular formula is C22H28ClN3O5S. The predicted molar refractivity (Wildman–Crippen MR) is 124 cm³/mol. The van der Waals surface area contributed by atoms with Crippen LogP contribution in [0.5, 0.6) is 0 Å². The number of aryl methyl sites for hydroxylation is 1. The van der Waals surface area contributed by atoms with Gasteiger partial charge in [-0.3, -0.25) is 0 Å². The number of aromatic nitrogens is 1. The lowest BCUT2D eigenvalue weighted by atomic mass is 10.0. The van der Waals surface area contributed by atoms with E-state index in [1.807, 2.05) is 17.0 Å². The summed E-state index contributed by atoms with van der Waals surface area (Å²) < 4.78 is 10.8. The molecule has 0 bridgehead atoms. The van der Waals surface area contributed by atoms with Crippen molar-refractivity contribution in [3.63, 3.8) is 0 Å². The van der Waals surface area contributed by atoms with E-state index >= 15 is 0 Å². The Morgan fingerprint density at radius 3 is 2.53 bits per heavy atom. The maximum absolute atomic E-state index is 12.4. The van der Waals surface area contributed by atoms with E-state index in [0.29, 0.717) is 55.0 Å². The maximum atomic E-state index is 12.4. The van der Waals surface area contributed by atoms with Crippen LogP contribution in [0.4, 0.5) is 9.93 Å². The Hall–Kier alpha value is -2.36. The fourth-order valence-corrected chi connectivity index (χ4v) is 4.44. The van der Waals surface area contributed by atoms with E-state index < -0.39 is 23.7 Å². The van der Waals surface area contributed by atoms with Crippen LogP contribution in [0.15, 0.2) is 24.3 Å². The molecule has 1 atom stereocenters. The van der Waals surface area contributed by atoms with Gasteiger partial charge in [0.1, 0.15) is 10.5 Å². The number of anilines is 1. The van der Waals surface area contributed by atoms with Crippen LogP contribution in [-0.4, -0.2) is 54.1 Å². The first-order valence-electron chi connectivity index (χ1n) is 10.4. The summed E-state index contributed by atoms with van der Waals surface area (Å²) in [6.45, 7) is 7.94. The van der Waals surface area contributed by atoms with Crippen molar-refractivity contribution >= 4 is 40.1 Å². The van der Waals surface area contributed by atoms with Crippen LogP contribution >= 0.6 is 22.9 Å². The number of benzene rings is 1. The molecule has 174 valence electrons. The maximum Gasteiger partial charge on any atom is 0.408 e. The summed E-state index contributed by atoms with van der Waals surface area (Å²) in [7, 11) is 0. The van der Waals surface area contributed by atoms with Crippen LogP contribution in [0, 0.1) is 0 Å². The first-order valence-corrected chi connectivity index (χ1v) is 11.6. The molecule has 1 unspecified atom stereocenters. The summed E-state index contributed by atoms with van der Waals surface area (Å²) >= 11 is 7.19. The standard InChI is InChI=1S/C22H28ClN3O5S/c1-22(2,3)31-21(29)25-16(14-4-6-15(23)7-5-14)8-9-17-18(19(27)28)32-20(24-17)26-10-12-30-13-11-26/h4-7,16H,8-13H2,1-3H3,(H,25,29)(H,27,28). The minimum atomic E-state index is -1.000. The molecule has 0 aliphatic carbocycles. The van der Waals surface area contributed by atoms with Gasteiger partial charge in [-0.1, -0.05) is 35.1 Å². The minimum Gasteiger partial charge on any atom is -0.477 e. The smallest absolute Gasteiger partial charge is 0.408 e. The zero-order chi connectivity index (χ0) is 23.3. The van der Waals surface area contributed by atoms with Gasteiger partial charge < -0.3 is 24.8 Å². The molecular weight excluding hydrogens is 454 g/mol. The number of carbonyl (C=O) groups is 2. The van der Waals surface area contributed by atoms with Crippen molar-refractivity contribution in [2.75, 3.05) is 31.2 Å². The van der Waals surface area contributed by atoms with Gasteiger partial charge >= 0.3 is 12.1 Å². The third kappa shape index (κ3) is 6.82. The number of alkyl carbamates (subject to hydrolysis) is 1. The number of morpholine rings is 1. The number of hydrogen-bond acceptors (Lipinski definition) is 7. The molecule has 1 aromatic heterocycles. The average molecular weight is 482 g/mol. The topological polar surface area (TPSA) is 101 Å². The molecule has 2 N–H and O–H groups in total. The van der Waals surface area contributed by atoms with Crippen LogP contribution < -0.4 is 10.2 Å². The molecule has 1 saturated heterocycles. The summed E-state index contributed by atoms with van der Waals surface area (Å²) in [5, 5.41) is 13.9. The number of thiazole rings is 1. The highest BCUT2D eigenvalue weighted by atomic mass is 35.5. The van der Waals surface area contributed by atoms with Crippen LogP contribution in [0.3, 0.4) is 0 Å². The summed E-state index contributed by atoms with van der Waals surface area (Å²) in [5.74, 6) is -1.000. The molecule has 0 spiro atoms. The second-order valence-corrected chi connectivity index (χ2v) is 9.88. The molecule has 1 aromatic carbocycles. The summed E-state index contributed by atoms with van der Waals surface area (Å²) in [4.78, 5) is 31.1. The first kappa shape index (κ1) is 24.3. The van der Waals surface area contributed by atoms with Crippen LogP contribution in [-0.2, 0) is 15.9 Å². The zero-order valence-corrected chi connectivity index (χ0v) is 20.0. The first-order chi connectivity index (χ1) is 15.1. The third-order valence-corrected chi connectivity index (χ3v) is 6.19. The largest absolute Gasteiger partial charge is 0.477 e. The molecule has 1 fully saturated rings. The Balaban J connectivity index is 1.78. The normalized spacial score (nSPS) is 15.3. The third-order valence-electron chi connectivity index (χ3n) is 4.80.